The van der Waals surface area contributed by atoms with Crippen molar-refractivity contribution in [1.29, 1.82) is 0 Å². The third kappa shape index (κ3) is 3.64. The topological polar surface area (TPSA) is 21.3 Å². The predicted octanol–water partition coefficient (Wildman–Crippen LogP) is 4.02. The van der Waals surface area contributed by atoms with E-state index < -0.39 is 0 Å². The zero-order chi connectivity index (χ0) is 13.9. The molecule has 0 bridgehead atoms. The van der Waals surface area contributed by atoms with Gasteiger partial charge < -0.3 is 10.1 Å². The summed E-state index contributed by atoms with van der Waals surface area (Å²) in [6.45, 7) is 9.59. The maximum absolute atomic E-state index is 6.34. The smallest absolute Gasteiger partial charge is 0.137 e. The summed E-state index contributed by atoms with van der Waals surface area (Å²) in [6.07, 6.45) is 2.29. The molecule has 19 heavy (non-hydrogen) atoms. The van der Waals surface area contributed by atoms with Crippen molar-refractivity contribution < 1.29 is 4.74 Å². The summed E-state index contributed by atoms with van der Waals surface area (Å²) in [5.41, 5.74) is 1.44. The Morgan fingerprint density at radius 3 is 2.79 bits per heavy atom. The second-order valence-corrected chi connectivity index (χ2v) is 6.46. The van der Waals surface area contributed by atoms with Crippen LogP contribution < -0.4 is 10.1 Å². The van der Waals surface area contributed by atoms with Gasteiger partial charge in [0.1, 0.15) is 5.75 Å². The van der Waals surface area contributed by atoms with E-state index in [9.17, 15) is 0 Å². The molecule has 0 aliphatic carbocycles. The molecule has 3 heteroatoms. The number of hydrogen-bond donors (Lipinski definition) is 1. The summed E-state index contributed by atoms with van der Waals surface area (Å²) >= 11 is 6.34. The number of hydrogen-bond acceptors (Lipinski definition) is 2. The van der Waals surface area contributed by atoms with Crippen LogP contribution in [0.4, 0.5) is 0 Å². The van der Waals surface area contributed by atoms with Crippen LogP contribution in [0.5, 0.6) is 5.75 Å². The fraction of sp³-hybridized carbons (Fsp3) is 0.625. The summed E-state index contributed by atoms with van der Waals surface area (Å²) in [7, 11) is 0. The van der Waals surface area contributed by atoms with Crippen molar-refractivity contribution >= 4 is 11.6 Å². The lowest BCUT2D eigenvalue weighted by atomic mass is 9.82. The summed E-state index contributed by atoms with van der Waals surface area (Å²) < 4.78 is 5.85. The van der Waals surface area contributed by atoms with Crippen molar-refractivity contribution in [3.63, 3.8) is 0 Å². The van der Waals surface area contributed by atoms with Crippen LogP contribution in [0.25, 0.3) is 0 Å². The molecule has 0 unspecified atom stereocenters. The van der Waals surface area contributed by atoms with E-state index in [2.05, 4.69) is 32.2 Å². The highest BCUT2D eigenvalue weighted by molar-refractivity contribution is 6.32. The normalized spacial score (nSPS) is 19.7. The minimum absolute atomic E-state index is 0.164. The van der Waals surface area contributed by atoms with Gasteiger partial charge in [0.15, 0.2) is 0 Å². The first kappa shape index (κ1) is 14.7. The molecule has 2 rings (SSSR count). The zero-order valence-electron chi connectivity index (χ0n) is 12.1. The highest BCUT2D eigenvalue weighted by Gasteiger charge is 2.20. The SMILES string of the molecule is CCC(C)(C)c1ccc(OC[C@H]2CCNC2)c(Cl)c1. The Labute approximate surface area is 121 Å². The average Bonchev–Trinajstić information content (AvgIpc) is 2.90. The van der Waals surface area contributed by atoms with Gasteiger partial charge in [-0.15, -0.1) is 0 Å². The molecule has 1 N–H and O–H groups in total. The maximum atomic E-state index is 6.34. The number of rotatable bonds is 5. The fourth-order valence-corrected chi connectivity index (χ4v) is 2.54. The Hall–Kier alpha value is -0.730. The molecule has 0 amide bonds. The molecule has 0 spiro atoms. The van der Waals surface area contributed by atoms with E-state index in [0.717, 1.165) is 36.9 Å². The van der Waals surface area contributed by atoms with Crippen LogP contribution in [0, 0.1) is 5.92 Å². The Bertz CT molecular complexity index is 425. The summed E-state index contributed by atoms with van der Waals surface area (Å²) in [5.74, 6) is 1.42. The van der Waals surface area contributed by atoms with Gasteiger partial charge in [-0.05, 0) is 42.5 Å². The molecule has 0 aromatic heterocycles. The number of benzene rings is 1. The van der Waals surface area contributed by atoms with Gasteiger partial charge in [-0.2, -0.15) is 0 Å². The maximum Gasteiger partial charge on any atom is 0.137 e. The third-order valence-electron chi connectivity index (χ3n) is 4.23. The van der Waals surface area contributed by atoms with Gasteiger partial charge in [0.25, 0.3) is 0 Å². The Balaban J connectivity index is 2.02. The van der Waals surface area contributed by atoms with E-state index in [-0.39, 0.29) is 5.41 Å². The first-order valence-electron chi connectivity index (χ1n) is 7.16. The first-order chi connectivity index (χ1) is 9.03. The van der Waals surface area contributed by atoms with Gasteiger partial charge >= 0.3 is 0 Å². The highest BCUT2D eigenvalue weighted by Crippen LogP contribution is 2.33. The van der Waals surface area contributed by atoms with E-state index >= 15 is 0 Å². The van der Waals surface area contributed by atoms with Crippen molar-refractivity contribution in [3.05, 3.63) is 28.8 Å². The monoisotopic (exact) mass is 281 g/mol. The van der Waals surface area contributed by atoms with E-state index in [1.54, 1.807) is 0 Å². The van der Waals surface area contributed by atoms with Gasteiger partial charge in [0, 0.05) is 12.5 Å². The Morgan fingerprint density at radius 2 is 2.21 bits per heavy atom. The molecule has 1 aromatic rings. The molecule has 1 aromatic carbocycles. The molecule has 1 heterocycles. The van der Waals surface area contributed by atoms with E-state index in [0.29, 0.717) is 5.92 Å². The highest BCUT2D eigenvalue weighted by atomic mass is 35.5. The molecule has 1 fully saturated rings. The third-order valence-corrected chi connectivity index (χ3v) is 4.53. The summed E-state index contributed by atoms with van der Waals surface area (Å²) in [6, 6.07) is 6.20. The molecule has 106 valence electrons. The van der Waals surface area contributed by atoms with Crippen LogP contribution >= 0.6 is 11.6 Å². The number of ether oxygens (including phenoxy) is 1. The minimum atomic E-state index is 0.164. The van der Waals surface area contributed by atoms with Gasteiger partial charge in [0.05, 0.1) is 11.6 Å². The van der Waals surface area contributed by atoms with Crippen LogP contribution in [-0.2, 0) is 5.41 Å². The standard InChI is InChI=1S/C16H24ClNO/c1-4-16(2,3)13-5-6-15(14(17)9-13)19-11-12-7-8-18-10-12/h5-6,9,12,18H,4,7-8,10-11H2,1-3H3/t12-/m0/s1. The van der Waals surface area contributed by atoms with E-state index in [1.165, 1.54) is 12.0 Å². The molecular weight excluding hydrogens is 258 g/mol. The van der Waals surface area contributed by atoms with Crippen molar-refractivity contribution in [2.45, 2.75) is 39.0 Å². The largest absolute Gasteiger partial charge is 0.492 e. The average molecular weight is 282 g/mol. The molecule has 1 aliphatic heterocycles. The van der Waals surface area contributed by atoms with Gasteiger partial charge in [-0.3, -0.25) is 0 Å². The zero-order valence-corrected chi connectivity index (χ0v) is 12.9. The van der Waals surface area contributed by atoms with Gasteiger partial charge in [0.2, 0.25) is 0 Å². The number of nitrogens with one attached hydrogen (secondary N) is 1. The van der Waals surface area contributed by atoms with Crippen molar-refractivity contribution in [1.82, 2.24) is 5.32 Å². The lowest BCUT2D eigenvalue weighted by molar-refractivity contribution is 0.260. The van der Waals surface area contributed by atoms with Crippen LogP contribution in [-0.4, -0.2) is 19.7 Å². The minimum Gasteiger partial charge on any atom is -0.492 e. The van der Waals surface area contributed by atoms with Crippen molar-refractivity contribution in [2.75, 3.05) is 19.7 Å². The van der Waals surface area contributed by atoms with E-state index in [4.69, 9.17) is 16.3 Å². The molecule has 1 saturated heterocycles. The van der Waals surface area contributed by atoms with Crippen LogP contribution in [0.1, 0.15) is 39.2 Å². The molecule has 0 saturated carbocycles. The predicted molar refractivity (Wildman–Crippen MR) is 81.2 cm³/mol. The van der Waals surface area contributed by atoms with Crippen molar-refractivity contribution in [3.8, 4) is 5.75 Å². The molecule has 1 atom stereocenters. The first-order valence-corrected chi connectivity index (χ1v) is 7.54. The van der Waals surface area contributed by atoms with Crippen molar-refractivity contribution in [2.24, 2.45) is 5.92 Å². The van der Waals surface area contributed by atoms with Crippen LogP contribution in [0.3, 0.4) is 0 Å². The number of halogens is 1. The van der Waals surface area contributed by atoms with Crippen LogP contribution in [0.2, 0.25) is 5.02 Å². The van der Waals surface area contributed by atoms with Gasteiger partial charge in [-0.25, -0.2) is 0 Å². The van der Waals surface area contributed by atoms with E-state index in [1.807, 2.05) is 12.1 Å². The Kier molecular flexibility index (Phi) is 4.75. The molecule has 0 radical (unpaired) electrons. The van der Waals surface area contributed by atoms with Gasteiger partial charge in [-0.1, -0.05) is 38.4 Å². The Morgan fingerprint density at radius 1 is 1.42 bits per heavy atom. The quantitative estimate of drug-likeness (QED) is 0.880. The summed E-state index contributed by atoms with van der Waals surface area (Å²) in [5, 5.41) is 4.07. The lowest BCUT2D eigenvalue weighted by Gasteiger charge is -2.24. The fourth-order valence-electron chi connectivity index (χ4n) is 2.31. The lowest BCUT2D eigenvalue weighted by Crippen LogP contribution is -2.17. The molecular formula is C16H24ClNO. The van der Waals surface area contributed by atoms with Crippen LogP contribution in [0.15, 0.2) is 18.2 Å². The second-order valence-electron chi connectivity index (χ2n) is 6.05. The second kappa shape index (κ2) is 6.15. The molecule has 2 nitrogen and oxygen atoms in total. The molecule has 1 aliphatic rings. The summed E-state index contributed by atoms with van der Waals surface area (Å²) in [4.78, 5) is 0.